The number of rotatable bonds is 4. The molecule has 1 saturated heterocycles. The third-order valence-corrected chi connectivity index (χ3v) is 6.63. The molecule has 138 valence electrons. The molecule has 0 spiro atoms. The van der Waals surface area contributed by atoms with Gasteiger partial charge in [-0.05, 0) is 49.2 Å². The van der Waals surface area contributed by atoms with Gasteiger partial charge in [0.25, 0.3) is 0 Å². The summed E-state index contributed by atoms with van der Waals surface area (Å²) in [6.07, 6.45) is 1.59. The van der Waals surface area contributed by atoms with Crippen LogP contribution >= 0.6 is 0 Å². The van der Waals surface area contributed by atoms with E-state index in [2.05, 4.69) is 10.2 Å². The molecular weight excluding hydrogens is 356 g/mol. The Kier molecular flexibility index (Phi) is 4.92. The maximum absolute atomic E-state index is 13.1. The van der Waals surface area contributed by atoms with Crippen LogP contribution in [0, 0.1) is 13.8 Å². The zero-order valence-electron chi connectivity index (χ0n) is 14.6. The minimum atomic E-state index is -3.77. The Morgan fingerprint density at radius 1 is 1.15 bits per heavy atom. The normalized spacial score (nSPS) is 15.8. The lowest BCUT2D eigenvalue weighted by atomic mass is 10.1. The Labute approximate surface area is 152 Å². The Balaban J connectivity index is 1.85. The number of hydrogen-bond donors (Lipinski definition) is 1. The maximum atomic E-state index is 13.1. The quantitative estimate of drug-likeness (QED) is 0.858. The van der Waals surface area contributed by atoms with Crippen molar-refractivity contribution in [2.45, 2.75) is 18.7 Å². The molecule has 1 fully saturated rings. The van der Waals surface area contributed by atoms with Gasteiger partial charge in [0.05, 0.1) is 10.5 Å². The summed E-state index contributed by atoms with van der Waals surface area (Å²) in [5.74, 6) is -0.429. The standard InChI is InChI=1S/C17H20N4O4S/c1-12-10-14(17(22)23)11-15(13(12)2)26(24,25)21-8-6-20(7-9-21)16-4-3-5-18-19-16/h3-5,10-11H,6-9H2,1-2H3,(H,22,23). The van der Waals surface area contributed by atoms with Gasteiger partial charge >= 0.3 is 5.97 Å². The molecule has 0 aliphatic carbocycles. The molecule has 26 heavy (non-hydrogen) atoms. The van der Waals surface area contributed by atoms with Crippen molar-refractivity contribution in [1.82, 2.24) is 14.5 Å². The molecule has 1 aromatic carbocycles. The molecule has 3 rings (SSSR count). The topological polar surface area (TPSA) is 104 Å². The maximum Gasteiger partial charge on any atom is 0.335 e. The number of carboxylic acid groups (broad SMARTS) is 1. The average molecular weight is 376 g/mol. The van der Waals surface area contributed by atoms with E-state index in [1.807, 2.05) is 11.0 Å². The molecule has 1 aromatic heterocycles. The van der Waals surface area contributed by atoms with Crippen LogP contribution in [0.5, 0.6) is 0 Å². The first-order valence-electron chi connectivity index (χ1n) is 8.18. The molecule has 9 heteroatoms. The molecule has 1 aliphatic rings. The molecule has 1 N–H and O–H groups in total. The second kappa shape index (κ2) is 7.00. The van der Waals surface area contributed by atoms with Crippen molar-refractivity contribution >= 4 is 21.8 Å². The van der Waals surface area contributed by atoms with Gasteiger partial charge in [0.15, 0.2) is 5.82 Å². The van der Waals surface area contributed by atoms with Gasteiger partial charge in [-0.1, -0.05) is 0 Å². The lowest BCUT2D eigenvalue weighted by Gasteiger charge is -2.34. The largest absolute Gasteiger partial charge is 0.478 e. The van der Waals surface area contributed by atoms with E-state index in [0.29, 0.717) is 43.1 Å². The second-order valence-electron chi connectivity index (χ2n) is 6.19. The van der Waals surface area contributed by atoms with E-state index < -0.39 is 16.0 Å². The Morgan fingerprint density at radius 2 is 1.85 bits per heavy atom. The number of aromatic carboxylic acids is 1. The highest BCUT2D eigenvalue weighted by atomic mass is 32.2. The molecule has 0 unspecified atom stereocenters. The summed E-state index contributed by atoms with van der Waals surface area (Å²) in [5, 5.41) is 17.1. The smallest absolute Gasteiger partial charge is 0.335 e. The van der Waals surface area contributed by atoms with Crippen LogP contribution in [-0.4, -0.2) is 60.2 Å². The van der Waals surface area contributed by atoms with Crippen LogP contribution in [0.1, 0.15) is 21.5 Å². The third-order valence-electron chi connectivity index (χ3n) is 4.61. The lowest BCUT2D eigenvalue weighted by Crippen LogP contribution is -2.49. The number of carbonyl (C=O) groups is 1. The summed E-state index contributed by atoms with van der Waals surface area (Å²) < 4.78 is 27.5. The van der Waals surface area contributed by atoms with Crippen molar-refractivity contribution in [2.24, 2.45) is 0 Å². The molecule has 0 radical (unpaired) electrons. The van der Waals surface area contributed by atoms with Crippen molar-refractivity contribution in [3.05, 3.63) is 47.2 Å². The number of aromatic nitrogens is 2. The molecular formula is C17H20N4O4S. The average Bonchev–Trinajstić information content (AvgIpc) is 2.64. The first-order chi connectivity index (χ1) is 12.3. The van der Waals surface area contributed by atoms with E-state index in [0.717, 1.165) is 0 Å². The number of nitrogens with zero attached hydrogens (tertiary/aromatic N) is 4. The number of hydrogen-bond acceptors (Lipinski definition) is 6. The lowest BCUT2D eigenvalue weighted by molar-refractivity contribution is 0.0696. The number of anilines is 1. The molecule has 8 nitrogen and oxygen atoms in total. The number of piperazine rings is 1. The van der Waals surface area contributed by atoms with E-state index >= 15 is 0 Å². The Bertz CT molecular complexity index is 923. The predicted molar refractivity (Wildman–Crippen MR) is 95.9 cm³/mol. The van der Waals surface area contributed by atoms with Gasteiger partial charge in [0.2, 0.25) is 10.0 Å². The summed E-state index contributed by atoms with van der Waals surface area (Å²) in [7, 11) is -3.77. The third kappa shape index (κ3) is 3.40. The van der Waals surface area contributed by atoms with Gasteiger partial charge in [-0.15, -0.1) is 5.10 Å². The molecule has 2 aromatic rings. The molecule has 0 amide bonds. The highest BCUT2D eigenvalue weighted by Gasteiger charge is 2.31. The summed E-state index contributed by atoms with van der Waals surface area (Å²) in [5.41, 5.74) is 1.19. The van der Waals surface area contributed by atoms with Crippen LogP contribution in [-0.2, 0) is 10.0 Å². The molecule has 0 saturated carbocycles. The van der Waals surface area contributed by atoms with Crippen LogP contribution in [0.15, 0.2) is 35.4 Å². The Hall–Kier alpha value is -2.52. The van der Waals surface area contributed by atoms with Gasteiger partial charge in [-0.2, -0.15) is 9.40 Å². The fourth-order valence-corrected chi connectivity index (χ4v) is 4.72. The summed E-state index contributed by atoms with van der Waals surface area (Å²) >= 11 is 0. The van der Waals surface area contributed by atoms with E-state index in [1.165, 1.54) is 16.4 Å². The molecule has 2 heterocycles. The number of sulfonamides is 1. The zero-order chi connectivity index (χ0) is 18.9. The van der Waals surface area contributed by atoms with Gasteiger partial charge in [0, 0.05) is 32.4 Å². The summed E-state index contributed by atoms with van der Waals surface area (Å²) in [6.45, 7) is 5.00. The van der Waals surface area contributed by atoms with Crippen molar-refractivity contribution in [2.75, 3.05) is 31.1 Å². The van der Waals surface area contributed by atoms with E-state index in [-0.39, 0.29) is 10.5 Å². The predicted octanol–water partition coefficient (Wildman–Crippen LogP) is 1.30. The minimum Gasteiger partial charge on any atom is -0.478 e. The van der Waals surface area contributed by atoms with Gasteiger partial charge in [-0.3, -0.25) is 0 Å². The van der Waals surface area contributed by atoms with Crippen LogP contribution in [0.2, 0.25) is 0 Å². The van der Waals surface area contributed by atoms with Gasteiger partial charge in [0.1, 0.15) is 0 Å². The molecule has 0 bridgehead atoms. The van der Waals surface area contributed by atoms with Crippen LogP contribution in [0.3, 0.4) is 0 Å². The number of carboxylic acids is 1. The second-order valence-corrected chi connectivity index (χ2v) is 8.10. The van der Waals surface area contributed by atoms with Gasteiger partial charge < -0.3 is 10.0 Å². The van der Waals surface area contributed by atoms with Crippen LogP contribution in [0.25, 0.3) is 0 Å². The van der Waals surface area contributed by atoms with Gasteiger partial charge in [-0.25, -0.2) is 13.2 Å². The van der Waals surface area contributed by atoms with Crippen molar-refractivity contribution in [3.63, 3.8) is 0 Å². The first kappa shape index (κ1) is 18.3. The first-order valence-corrected chi connectivity index (χ1v) is 9.62. The summed E-state index contributed by atoms with van der Waals surface area (Å²) in [6, 6.07) is 6.35. The SMILES string of the molecule is Cc1cc(C(=O)O)cc(S(=O)(=O)N2CCN(c3cccnn3)CC2)c1C. The van der Waals surface area contributed by atoms with Crippen LogP contribution < -0.4 is 4.90 Å². The Morgan fingerprint density at radius 3 is 2.42 bits per heavy atom. The fraction of sp³-hybridized carbons (Fsp3) is 0.353. The molecule has 1 aliphatic heterocycles. The van der Waals surface area contributed by atoms with Crippen molar-refractivity contribution in [3.8, 4) is 0 Å². The molecule has 0 atom stereocenters. The highest BCUT2D eigenvalue weighted by molar-refractivity contribution is 7.89. The number of benzene rings is 1. The van der Waals surface area contributed by atoms with Crippen LogP contribution in [0.4, 0.5) is 5.82 Å². The number of aryl methyl sites for hydroxylation is 1. The van der Waals surface area contributed by atoms with E-state index in [4.69, 9.17) is 0 Å². The minimum absolute atomic E-state index is 0.0233. The van der Waals surface area contributed by atoms with Crippen molar-refractivity contribution in [1.29, 1.82) is 0 Å². The van der Waals surface area contributed by atoms with E-state index in [9.17, 15) is 18.3 Å². The van der Waals surface area contributed by atoms with E-state index in [1.54, 1.807) is 26.1 Å². The highest BCUT2D eigenvalue weighted by Crippen LogP contribution is 2.26. The fourth-order valence-electron chi connectivity index (χ4n) is 2.98. The van der Waals surface area contributed by atoms with Crippen molar-refractivity contribution < 1.29 is 18.3 Å². The summed E-state index contributed by atoms with van der Waals surface area (Å²) in [4.78, 5) is 13.3. The monoisotopic (exact) mass is 376 g/mol. The zero-order valence-corrected chi connectivity index (χ0v) is 15.4.